The summed E-state index contributed by atoms with van der Waals surface area (Å²) >= 11 is 0. The summed E-state index contributed by atoms with van der Waals surface area (Å²) in [5.41, 5.74) is 4.94. The van der Waals surface area contributed by atoms with Crippen LogP contribution in [-0.4, -0.2) is 24.0 Å². The van der Waals surface area contributed by atoms with Crippen LogP contribution in [0.3, 0.4) is 0 Å². The second-order valence-corrected chi connectivity index (χ2v) is 8.02. The molecule has 0 bridgehead atoms. The summed E-state index contributed by atoms with van der Waals surface area (Å²) in [5.74, 6) is 0. The second-order valence-electron chi connectivity index (χ2n) is 8.02. The predicted molar refractivity (Wildman–Crippen MR) is 116 cm³/mol. The van der Waals surface area contributed by atoms with Gasteiger partial charge in [0.25, 0.3) is 0 Å². The number of nitriles is 1. The maximum atomic E-state index is 12.6. The molecule has 0 saturated carbocycles. The van der Waals surface area contributed by atoms with Crippen LogP contribution in [0.2, 0.25) is 0 Å². The van der Waals surface area contributed by atoms with Gasteiger partial charge in [-0.2, -0.15) is 5.26 Å². The van der Waals surface area contributed by atoms with Crippen molar-refractivity contribution in [1.29, 1.82) is 5.26 Å². The minimum absolute atomic E-state index is 0.217. The zero-order valence-electron chi connectivity index (χ0n) is 17.1. The molecule has 0 radical (unpaired) electrons. The van der Waals surface area contributed by atoms with E-state index in [1.54, 1.807) is 0 Å². The molecule has 0 N–H and O–H groups in total. The number of hydrogen-bond donors (Lipinski definition) is 0. The van der Waals surface area contributed by atoms with Crippen LogP contribution in [-0.2, 0) is 6.42 Å². The third-order valence-electron chi connectivity index (χ3n) is 6.22. The standard InChI is InChI=1S/C25H26N2O2/c1-17-5-3-4-13-27(17)14-12-22-18(2)23-15-21(10-11-24(23)29-25(22)28)20-8-6-19(16-26)7-9-20/h6-11,15,17H,3-5,12-14H2,1-2H3. The van der Waals surface area contributed by atoms with Gasteiger partial charge in [0.05, 0.1) is 11.6 Å². The molecule has 0 spiro atoms. The number of piperidine rings is 1. The number of rotatable bonds is 4. The molecule has 1 aliphatic rings. The largest absolute Gasteiger partial charge is 0.423 e. The van der Waals surface area contributed by atoms with Crippen molar-refractivity contribution in [3.8, 4) is 17.2 Å². The first kappa shape index (κ1) is 19.4. The predicted octanol–water partition coefficient (Wildman–Crippen LogP) is 5.06. The van der Waals surface area contributed by atoms with Crippen LogP contribution in [0, 0.1) is 18.3 Å². The average Bonchev–Trinajstić information content (AvgIpc) is 2.74. The molecule has 2 aromatic carbocycles. The van der Waals surface area contributed by atoms with Crippen LogP contribution in [0.1, 0.15) is 42.9 Å². The average molecular weight is 386 g/mol. The van der Waals surface area contributed by atoms with Gasteiger partial charge >= 0.3 is 5.63 Å². The molecule has 0 amide bonds. The van der Waals surface area contributed by atoms with E-state index in [0.717, 1.165) is 47.2 Å². The molecule has 1 atom stereocenters. The summed E-state index contributed by atoms with van der Waals surface area (Å²) in [6.45, 7) is 6.31. The van der Waals surface area contributed by atoms with Crippen molar-refractivity contribution in [3.63, 3.8) is 0 Å². The molecule has 4 rings (SSSR count). The van der Waals surface area contributed by atoms with Gasteiger partial charge in [0.1, 0.15) is 5.58 Å². The van der Waals surface area contributed by atoms with Gasteiger partial charge in [-0.15, -0.1) is 0 Å². The fourth-order valence-corrected chi connectivity index (χ4v) is 4.34. The molecule has 4 nitrogen and oxygen atoms in total. The number of nitrogens with zero attached hydrogens (tertiary/aromatic N) is 2. The van der Waals surface area contributed by atoms with Crippen molar-refractivity contribution in [2.45, 2.75) is 45.6 Å². The molecule has 148 valence electrons. The highest BCUT2D eigenvalue weighted by Crippen LogP contribution is 2.27. The number of aryl methyl sites for hydroxylation is 1. The zero-order chi connectivity index (χ0) is 20.4. The van der Waals surface area contributed by atoms with Gasteiger partial charge in [0.2, 0.25) is 0 Å². The Morgan fingerprint density at radius 3 is 2.62 bits per heavy atom. The molecule has 1 fully saturated rings. The van der Waals surface area contributed by atoms with Crippen LogP contribution in [0.15, 0.2) is 51.7 Å². The van der Waals surface area contributed by atoms with Crippen LogP contribution in [0.4, 0.5) is 0 Å². The number of benzene rings is 2. The van der Waals surface area contributed by atoms with E-state index in [1.807, 2.05) is 43.3 Å². The second kappa shape index (κ2) is 8.23. The summed E-state index contributed by atoms with van der Waals surface area (Å²) in [6.07, 6.45) is 4.49. The number of fused-ring (bicyclic) bond motifs is 1. The minimum atomic E-state index is -0.217. The summed E-state index contributed by atoms with van der Waals surface area (Å²) in [5, 5.41) is 9.98. The molecular formula is C25H26N2O2. The third kappa shape index (κ3) is 3.97. The highest BCUT2D eigenvalue weighted by molar-refractivity contribution is 5.86. The Labute approximate surface area is 171 Å². The summed E-state index contributed by atoms with van der Waals surface area (Å²) in [7, 11) is 0. The van der Waals surface area contributed by atoms with E-state index < -0.39 is 0 Å². The van der Waals surface area contributed by atoms with E-state index in [1.165, 1.54) is 19.3 Å². The van der Waals surface area contributed by atoms with Gasteiger partial charge < -0.3 is 9.32 Å². The Morgan fingerprint density at radius 2 is 1.90 bits per heavy atom. The Morgan fingerprint density at radius 1 is 1.14 bits per heavy atom. The lowest BCUT2D eigenvalue weighted by Crippen LogP contribution is -2.39. The summed E-state index contributed by atoms with van der Waals surface area (Å²) in [6, 6.07) is 16.2. The summed E-state index contributed by atoms with van der Waals surface area (Å²) < 4.78 is 5.65. The van der Waals surface area contributed by atoms with Gasteiger partial charge in [-0.1, -0.05) is 24.6 Å². The Kier molecular flexibility index (Phi) is 5.51. The molecule has 4 heteroatoms. The first-order valence-corrected chi connectivity index (χ1v) is 10.4. The van der Waals surface area contributed by atoms with Crippen molar-refractivity contribution in [1.82, 2.24) is 4.90 Å². The van der Waals surface area contributed by atoms with E-state index in [9.17, 15) is 4.79 Å². The van der Waals surface area contributed by atoms with Crippen molar-refractivity contribution in [3.05, 3.63) is 69.6 Å². The lowest BCUT2D eigenvalue weighted by Gasteiger charge is -2.33. The molecule has 1 aromatic heterocycles. The molecule has 2 heterocycles. The van der Waals surface area contributed by atoms with Gasteiger partial charge in [0.15, 0.2) is 0 Å². The van der Waals surface area contributed by atoms with Crippen LogP contribution >= 0.6 is 0 Å². The molecule has 1 aliphatic heterocycles. The maximum absolute atomic E-state index is 12.6. The van der Waals surface area contributed by atoms with Crippen molar-refractivity contribution < 1.29 is 4.42 Å². The highest BCUT2D eigenvalue weighted by atomic mass is 16.4. The molecule has 29 heavy (non-hydrogen) atoms. The Hall–Kier alpha value is -2.90. The quantitative estimate of drug-likeness (QED) is 0.588. The van der Waals surface area contributed by atoms with Gasteiger partial charge in [-0.25, -0.2) is 4.79 Å². The Balaban J connectivity index is 1.66. The molecule has 3 aromatic rings. The van der Waals surface area contributed by atoms with Gasteiger partial charge in [-0.05, 0) is 80.6 Å². The smallest absolute Gasteiger partial charge is 0.339 e. The van der Waals surface area contributed by atoms with Crippen LogP contribution in [0.5, 0.6) is 0 Å². The fraction of sp³-hybridized carbons (Fsp3) is 0.360. The molecule has 0 aliphatic carbocycles. The molecular weight excluding hydrogens is 360 g/mol. The number of hydrogen-bond acceptors (Lipinski definition) is 4. The van der Waals surface area contributed by atoms with E-state index in [-0.39, 0.29) is 5.63 Å². The molecule has 1 unspecified atom stereocenters. The molecule has 1 saturated heterocycles. The zero-order valence-corrected chi connectivity index (χ0v) is 17.1. The monoisotopic (exact) mass is 386 g/mol. The highest BCUT2D eigenvalue weighted by Gasteiger charge is 2.19. The fourth-order valence-electron chi connectivity index (χ4n) is 4.34. The van der Waals surface area contributed by atoms with Crippen molar-refractivity contribution >= 4 is 11.0 Å². The SMILES string of the molecule is Cc1c(CCN2CCCCC2C)c(=O)oc2ccc(-c3ccc(C#N)cc3)cc12. The first-order valence-electron chi connectivity index (χ1n) is 10.4. The normalized spacial score (nSPS) is 17.3. The van der Waals surface area contributed by atoms with Crippen LogP contribution in [0.25, 0.3) is 22.1 Å². The van der Waals surface area contributed by atoms with E-state index >= 15 is 0 Å². The Bertz CT molecular complexity index is 1120. The van der Waals surface area contributed by atoms with E-state index in [2.05, 4.69) is 24.0 Å². The number of likely N-dealkylation sites (tertiary alicyclic amines) is 1. The van der Waals surface area contributed by atoms with Gasteiger partial charge in [0, 0.05) is 23.5 Å². The van der Waals surface area contributed by atoms with Crippen molar-refractivity contribution in [2.75, 3.05) is 13.1 Å². The van der Waals surface area contributed by atoms with Crippen molar-refractivity contribution in [2.24, 2.45) is 0 Å². The van der Waals surface area contributed by atoms with Crippen LogP contribution < -0.4 is 5.63 Å². The lowest BCUT2D eigenvalue weighted by atomic mass is 9.97. The minimum Gasteiger partial charge on any atom is -0.423 e. The third-order valence-corrected chi connectivity index (χ3v) is 6.22. The topological polar surface area (TPSA) is 57.2 Å². The van der Waals surface area contributed by atoms with Gasteiger partial charge in [-0.3, -0.25) is 0 Å². The maximum Gasteiger partial charge on any atom is 0.339 e. The summed E-state index contributed by atoms with van der Waals surface area (Å²) in [4.78, 5) is 15.1. The van der Waals surface area contributed by atoms with E-state index in [4.69, 9.17) is 9.68 Å². The lowest BCUT2D eigenvalue weighted by molar-refractivity contribution is 0.162. The van der Waals surface area contributed by atoms with E-state index in [0.29, 0.717) is 17.2 Å². The first-order chi connectivity index (χ1) is 14.1.